The molecule has 0 aliphatic heterocycles. The molecule has 0 aliphatic carbocycles. The maximum Gasteiger partial charge on any atom is 0.208 e. The monoisotopic (exact) mass is 235 g/mol. The second kappa shape index (κ2) is 6.03. The molecule has 4 heteroatoms. The third-order valence-electron chi connectivity index (χ3n) is 2.53. The molecule has 17 heavy (non-hydrogen) atoms. The van der Waals surface area contributed by atoms with Gasteiger partial charge in [0.05, 0.1) is 6.61 Å². The number of carboxylic acid groups (broad SMARTS) is 1. The van der Waals surface area contributed by atoms with Gasteiger partial charge in [-0.3, -0.25) is 4.79 Å². The number of Topliss-reactive ketones (excluding diaryl/α,β-unsaturated/α-hetero) is 1. The molecule has 1 aromatic rings. The first-order valence-electron chi connectivity index (χ1n) is 5.53. The zero-order valence-electron chi connectivity index (χ0n) is 9.93. The molecule has 0 fully saturated rings. The van der Waals surface area contributed by atoms with Crippen LogP contribution in [0.5, 0.6) is 5.75 Å². The van der Waals surface area contributed by atoms with E-state index < -0.39 is 11.8 Å². The SMILES string of the molecule is CCC(C)COc1ccc(C(=O)C(=O)[O-])cc1. The van der Waals surface area contributed by atoms with E-state index >= 15 is 0 Å². The number of rotatable bonds is 6. The molecule has 0 saturated carbocycles. The summed E-state index contributed by atoms with van der Waals surface area (Å²) >= 11 is 0. The number of aliphatic carboxylic acids is 1. The van der Waals surface area contributed by atoms with Crippen LogP contribution in [0.3, 0.4) is 0 Å². The predicted molar refractivity (Wildman–Crippen MR) is 60.7 cm³/mol. The van der Waals surface area contributed by atoms with Crippen LogP contribution in [0.4, 0.5) is 0 Å². The van der Waals surface area contributed by atoms with Gasteiger partial charge in [0.2, 0.25) is 5.78 Å². The summed E-state index contributed by atoms with van der Waals surface area (Å²) in [6.45, 7) is 4.76. The number of ketones is 1. The maximum atomic E-state index is 11.1. The quantitative estimate of drug-likeness (QED) is 0.546. The van der Waals surface area contributed by atoms with Gasteiger partial charge < -0.3 is 14.6 Å². The fraction of sp³-hybridized carbons (Fsp3) is 0.385. The van der Waals surface area contributed by atoms with Crippen molar-refractivity contribution in [1.82, 2.24) is 0 Å². The van der Waals surface area contributed by atoms with E-state index in [1.54, 1.807) is 12.1 Å². The van der Waals surface area contributed by atoms with Gasteiger partial charge in [0, 0.05) is 5.56 Å². The van der Waals surface area contributed by atoms with Gasteiger partial charge in [-0.1, -0.05) is 20.3 Å². The number of hydrogen-bond acceptors (Lipinski definition) is 4. The van der Waals surface area contributed by atoms with Gasteiger partial charge in [-0.15, -0.1) is 0 Å². The van der Waals surface area contributed by atoms with Crippen LogP contribution in [0.25, 0.3) is 0 Å². The molecular formula is C13H15O4-. The minimum atomic E-state index is -1.70. The average Bonchev–Trinajstić information content (AvgIpc) is 2.35. The molecule has 1 rings (SSSR count). The van der Waals surface area contributed by atoms with Gasteiger partial charge >= 0.3 is 0 Å². The lowest BCUT2D eigenvalue weighted by Crippen LogP contribution is -2.31. The Morgan fingerprint density at radius 2 is 1.88 bits per heavy atom. The van der Waals surface area contributed by atoms with Gasteiger partial charge in [0.15, 0.2) is 0 Å². The summed E-state index contributed by atoms with van der Waals surface area (Å²) in [4.78, 5) is 21.4. The zero-order valence-corrected chi connectivity index (χ0v) is 9.93. The molecule has 92 valence electrons. The lowest BCUT2D eigenvalue weighted by Gasteiger charge is -2.11. The van der Waals surface area contributed by atoms with E-state index in [1.807, 2.05) is 0 Å². The fourth-order valence-corrected chi connectivity index (χ4v) is 1.18. The van der Waals surface area contributed by atoms with Crippen LogP contribution in [0.15, 0.2) is 24.3 Å². The number of carbonyl (C=O) groups excluding carboxylic acids is 2. The first kappa shape index (κ1) is 13.2. The maximum absolute atomic E-state index is 11.1. The zero-order chi connectivity index (χ0) is 12.8. The molecule has 0 bridgehead atoms. The van der Waals surface area contributed by atoms with Crippen LogP contribution < -0.4 is 9.84 Å². The molecule has 1 aromatic carbocycles. The average molecular weight is 235 g/mol. The Bertz CT molecular complexity index is 394. The largest absolute Gasteiger partial charge is 0.541 e. The van der Waals surface area contributed by atoms with Crippen molar-refractivity contribution in [2.24, 2.45) is 5.92 Å². The van der Waals surface area contributed by atoms with Crippen LogP contribution in [0.2, 0.25) is 0 Å². The van der Waals surface area contributed by atoms with Gasteiger partial charge in [-0.25, -0.2) is 0 Å². The molecule has 0 N–H and O–H groups in total. The highest BCUT2D eigenvalue weighted by Gasteiger charge is 2.06. The molecule has 0 amide bonds. The first-order valence-corrected chi connectivity index (χ1v) is 5.53. The molecule has 4 nitrogen and oxygen atoms in total. The van der Waals surface area contributed by atoms with Crippen LogP contribution >= 0.6 is 0 Å². The molecule has 1 atom stereocenters. The van der Waals surface area contributed by atoms with Crippen molar-refractivity contribution in [2.75, 3.05) is 6.61 Å². The summed E-state index contributed by atoms with van der Waals surface area (Å²) in [7, 11) is 0. The Morgan fingerprint density at radius 1 is 1.29 bits per heavy atom. The molecule has 1 unspecified atom stereocenters. The van der Waals surface area contributed by atoms with Crippen molar-refractivity contribution in [3.63, 3.8) is 0 Å². The van der Waals surface area contributed by atoms with Crippen molar-refractivity contribution >= 4 is 11.8 Å². The third-order valence-corrected chi connectivity index (χ3v) is 2.53. The van der Waals surface area contributed by atoms with Crippen LogP contribution in [-0.4, -0.2) is 18.4 Å². The third kappa shape index (κ3) is 3.90. The van der Waals surface area contributed by atoms with Crippen molar-refractivity contribution in [3.8, 4) is 5.75 Å². The van der Waals surface area contributed by atoms with Gasteiger partial charge in [0.1, 0.15) is 11.7 Å². The van der Waals surface area contributed by atoms with E-state index in [0.29, 0.717) is 18.3 Å². The van der Waals surface area contributed by atoms with Gasteiger partial charge in [-0.2, -0.15) is 0 Å². The highest BCUT2D eigenvalue weighted by molar-refractivity contribution is 6.38. The molecular weight excluding hydrogens is 220 g/mol. The summed E-state index contributed by atoms with van der Waals surface area (Å²) < 4.78 is 5.48. The number of ether oxygens (including phenoxy) is 1. The number of hydrogen-bond donors (Lipinski definition) is 0. The minimum Gasteiger partial charge on any atom is -0.541 e. The highest BCUT2D eigenvalue weighted by Crippen LogP contribution is 2.14. The Balaban J connectivity index is 2.62. The standard InChI is InChI=1S/C13H16O4/c1-3-9(2)8-17-11-6-4-10(5-7-11)12(14)13(15)16/h4-7,9H,3,8H2,1-2H3,(H,15,16)/p-1. The summed E-state index contributed by atoms with van der Waals surface area (Å²) in [6, 6.07) is 6.01. The van der Waals surface area contributed by atoms with Crippen molar-refractivity contribution < 1.29 is 19.4 Å². The summed E-state index contributed by atoms with van der Waals surface area (Å²) in [6.07, 6.45) is 1.03. The Kier molecular flexibility index (Phi) is 4.69. The number of benzene rings is 1. The van der Waals surface area contributed by atoms with Crippen LogP contribution in [0.1, 0.15) is 30.6 Å². The Morgan fingerprint density at radius 3 is 2.35 bits per heavy atom. The van der Waals surface area contributed by atoms with Gasteiger partial charge in [-0.05, 0) is 30.2 Å². The van der Waals surface area contributed by atoms with E-state index in [0.717, 1.165) is 6.42 Å². The van der Waals surface area contributed by atoms with Crippen LogP contribution in [-0.2, 0) is 4.79 Å². The summed E-state index contributed by atoms with van der Waals surface area (Å²) in [5.74, 6) is -1.63. The molecule has 0 aromatic heterocycles. The summed E-state index contributed by atoms with van der Waals surface area (Å²) in [5.41, 5.74) is 0.0980. The van der Waals surface area contributed by atoms with E-state index in [9.17, 15) is 14.7 Å². The van der Waals surface area contributed by atoms with Crippen molar-refractivity contribution in [3.05, 3.63) is 29.8 Å². The Labute approximate surface area is 100 Å². The first-order chi connectivity index (χ1) is 8.04. The topological polar surface area (TPSA) is 66.4 Å². The normalized spacial score (nSPS) is 11.9. The molecule has 0 spiro atoms. The molecule has 0 heterocycles. The molecule has 0 aliphatic rings. The lowest BCUT2D eigenvalue weighted by atomic mass is 10.1. The second-order valence-electron chi connectivity index (χ2n) is 3.97. The van der Waals surface area contributed by atoms with Crippen molar-refractivity contribution in [2.45, 2.75) is 20.3 Å². The second-order valence-corrected chi connectivity index (χ2v) is 3.97. The number of carbonyl (C=O) groups is 2. The van der Waals surface area contributed by atoms with E-state index in [2.05, 4.69) is 13.8 Å². The smallest absolute Gasteiger partial charge is 0.208 e. The minimum absolute atomic E-state index is 0.0980. The van der Waals surface area contributed by atoms with E-state index in [-0.39, 0.29) is 5.56 Å². The molecule has 0 radical (unpaired) electrons. The predicted octanol–water partition coefficient (Wildman–Crippen LogP) is 1.04. The fourth-order valence-electron chi connectivity index (χ4n) is 1.18. The lowest BCUT2D eigenvalue weighted by molar-refractivity contribution is -0.296. The molecule has 0 saturated heterocycles. The highest BCUT2D eigenvalue weighted by atomic mass is 16.5. The van der Waals surface area contributed by atoms with Crippen LogP contribution in [0, 0.1) is 5.92 Å². The van der Waals surface area contributed by atoms with Gasteiger partial charge in [0.25, 0.3) is 0 Å². The van der Waals surface area contributed by atoms with E-state index in [1.165, 1.54) is 12.1 Å². The van der Waals surface area contributed by atoms with E-state index in [4.69, 9.17) is 4.74 Å². The van der Waals surface area contributed by atoms with Crippen molar-refractivity contribution in [1.29, 1.82) is 0 Å². The number of carboxylic acids is 1. The summed E-state index contributed by atoms with van der Waals surface area (Å²) in [5, 5.41) is 10.3. The Hall–Kier alpha value is -1.84.